The first-order valence-electron chi connectivity index (χ1n) is 9.08. The summed E-state index contributed by atoms with van der Waals surface area (Å²) in [6.45, 7) is 2.12. The molecular weight excluding hydrogens is 426 g/mol. The predicted octanol–water partition coefficient (Wildman–Crippen LogP) is 3.99. The molecule has 0 unspecified atom stereocenters. The second-order valence-electron chi connectivity index (χ2n) is 6.51. The highest BCUT2D eigenvalue weighted by Crippen LogP contribution is 2.24. The maximum Gasteiger partial charge on any atom is 0.316 e. The standard InChI is InChI=1S/C21H20ClN3O4S/c1-14-5-3-4-6-16(14)11-25(2)18(26)12-28-19(27)13-30-21-24-23-20(29-21)15-7-9-17(22)10-8-15/h3-10H,11-13H2,1-2H3. The van der Waals surface area contributed by atoms with E-state index in [0.717, 1.165) is 28.5 Å². The van der Waals surface area contributed by atoms with Gasteiger partial charge in [0.05, 0.1) is 0 Å². The van der Waals surface area contributed by atoms with Crippen molar-refractivity contribution in [1.29, 1.82) is 0 Å². The van der Waals surface area contributed by atoms with Crippen LogP contribution in [-0.4, -0.2) is 46.4 Å². The van der Waals surface area contributed by atoms with Crippen LogP contribution in [-0.2, 0) is 20.9 Å². The van der Waals surface area contributed by atoms with Gasteiger partial charge in [0.15, 0.2) is 6.61 Å². The van der Waals surface area contributed by atoms with Gasteiger partial charge in [-0.15, -0.1) is 10.2 Å². The molecule has 1 aromatic heterocycles. The number of carbonyl (C=O) groups is 2. The number of benzene rings is 2. The summed E-state index contributed by atoms with van der Waals surface area (Å²) < 4.78 is 10.6. The third kappa shape index (κ3) is 6.08. The lowest BCUT2D eigenvalue weighted by Crippen LogP contribution is -2.31. The van der Waals surface area contributed by atoms with Crippen LogP contribution in [0.3, 0.4) is 0 Å². The lowest BCUT2D eigenvalue weighted by Gasteiger charge is -2.18. The fourth-order valence-corrected chi connectivity index (χ4v) is 3.21. The van der Waals surface area contributed by atoms with E-state index in [0.29, 0.717) is 17.5 Å². The Kier molecular flexibility index (Phi) is 7.48. The minimum atomic E-state index is -0.538. The van der Waals surface area contributed by atoms with Crippen LogP contribution in [0.2, 0.25) is 5.02 Å². The SMILES string of the molecule is Cc1ccccc1CN(C)C(=O)COC(=O)CSc1nnc(-c2ccc(Cl)cc2)o1. The summed E-state index contributed by atoms with van der Waals surface area (Å²) in [5.74, 6) is -0.532. The lowest BCUT2D eigenvalue weighted by atomic mass is 10.1. The van der Waals surface area contributed by atoms with Crippen LogP contribution in [0.15, 0.2) is 58.2 Å². The molecule has 0 N–H and O–H groups in total. The van der Waals surface area contributed by atoms with Crippen molar-refractivity contribution < 1.29 is 18.7 Å². The monoisotopic (exact) mass is 445 g/mol. The quantitative estimate of drug-likeness (QED) is 0.382. The Hall–Kier alpha value is -2.84. The Bertz CT molecular complexity index is 1020. The molecule has 0 saturated heterocycles. The largest absolute Gasteiger partial charge is 0.455 e. The number of likely N-dealkylation sites (N-methyl/N-ethyl adjacent to an activating group) is 1. The number of halogens is 1. The minimum Gasteiger partial charge on any atom is -0.455 e. The summed E-state index contributed by atoms with van der Waals surface area (Å²) in [6, 6.07) is 14.8. The molecule has 156 valence electrons. The van der Waals surface area contributed by atoms with E-state index in [1.807, 2.05) is 31.2 Å². The van der Waals surface area contributed by atoms with Crippen LogP contribution >= 0.6 is 23.4 Å². The number of hydrogen-bond acceptors (Lipinski definition) is 7. The van der Waals surface area contributed by atoms with Gasteiger partial charge in [-0.2, -0.15) is 0 Å². The van der Waals surface area contributed by atoms with Crippen molar-refractivity contribution in [3.8, 4) is 11.5 Å². The number of ether oxygens (including phenoxy) is 1. The van der Waals surface area contributed by atoms with E-state index in [4.69, 9.17) is 20.8 Å². The fourth-order valence-electron chi connectivity index (χ4n) is 2.52. The van der Waals surface area contributed by atoms with E-state index >= 15 is 0 Å². The van der Waals surface area contributed by atoms with E-state index in [9.17, 15) is 9.59 Å². The molecule has 0 aliphatic rings. The number of rotatable bonds is 8. The maximum atomic E-state index is 12.2. The number of amides is 1. The van der Waals surface area contributed by atoms with E-state index in [2.05, 4.69) is 10.2 Å². The summed E-state index contributed by atoms with van der Waals surface area (Å²) in [4.78, 5) is 25.7. The summed E-state index contributed by atoms with van der Waals surface area (Å²) in [5.41, 5.74) is 2.87. The van der Waals surface area contributed by atoms with Gasteiger partial charge in [0.1, 0.15) is 5.75 Å². The third-order valence-electron chi connectivity index (χ3n) is 4.26. The molecule has 0 aliphatic heterocycles. The zero-order chi connectivity index (χ0) is 21.5. The lowest BCUT2D eigenvalue weighted by molar-refractivity contribution is -0.149. The van der Waals surface area contributed by atoms with Gasteiger partial charge in [-0.25, -0.2) is 0 Å². The van der Waals surface area contributed by atoms with Crippen molar-refractivity contribution in [3.63, 3.8) is 0 Å². The van der Waals surface area contributed by atoms with Crippen LogP contribution in [0.5, 0.6) is 0 Å². The summed E-state index contributed by atoms with van der Waals surface area (Å²) >= 11 is 6.90. The molecular formula is C21H20ClN3O4S. The van der Waals surface area contributed by atoms with Crippen LogP contribution < -0.4 is 0 Å². The molecule has 7 nitrogen and oxygen atoms in total. The van der Waals surface area contributed by atoms with Gasteiger partial charge >= 0.3 is 5.97 Å². The van der Waals surface area contributed by atoms with Crippen LogP contribution in [0.1, 0.15) is 11.1 Å². The summed E-state index contributed by atoms with van der Waals surface area (Å²) in [7, 11) is 1.67. The Morgan fingerprint density at radius 1 is 1.13 bits per heavy atom. The van der Waals surface area contributed by atoms with E-state index in [1.165, 1.54) is 4.90 Å². The molecule has 0 saturated carbocycles. The number of hydrogen-bond donors (Lipinski definition) is 0. The highest BCUT2D eigenvalue weighted by atomic mass is 35.5. The first-order valence-corrected chi connectivity index (χ1v) is 10.4. The average molecular weight is 446 g/mol. The molecule has 30 heavy (non-hydrogen) atoms. The summed E-state index contributed by atoms with van der Waals surface area (Å²) in [5, 5.41) is 8.68. The van der Waals surface area contributed by atoms with Gasteiger partial charge in [-0.3, -0.25) is 9.59 Å². The molecule has 9 heteroatoms. The molecule has 0 radical (unpaired) electrons. The smallest absolute Gasteiger partial charge is 0.316 e. The molecule has 1 heterocycles. The molecule has 2 aromatic carbocycles. The first kappa shape index (κ1) is 21.9. The molecule has 0 atom stereocenters. The van der Waals surface area contributed by atoms with Crippen LogP contribution in [0, 0.1) is 6.92 Å². The van der Waals surface area contributed by atoms with Crippen molar-refractivity contribution in [1.82, 2.24) is 15.1 Å². The van der Waals surface area contributed by atoms with Crippen molar-refractivity contribution in [2.75, 3.05) is 19.4 Å². The van der Waals surface area contributed by atoms with Crippen molar-refractivity contribution in [2.45, 2.75) is 18.7 Å². The maximum absolute atomic E-state index is 12.2. The summed E-state index contributed by atoms with van der Waals surface area (Å²) in [6.07, 6.45) is 0. The van der Waals surface area contributed by atoms with Gasteiger partial charge < -0.3 is 14.1 Å². The van der Waals surface area contributed by atoms with Gasteiger partial charge in [0.25, 0.3) is 11.1 Å². The molecule has 1 amide bonds. The number of aromatic nitrogens is 2. The van der Waals surface area contributed by atoms with Gasteiger partial charge in [0, 0.05) is 24.2 Å². The molecule has 0 bridgehead atoms. The van der Waals surface area contributed by atoms with Crippen LogP contribution in [0.25, 0.3) is 11.5 Å². The Morgan fingerprint density at radius 3 is 2.60 bits per heavy atom. The molecule has 3 rings (SSSR count). The van der Waals surface area contributed by atoms with Crippen molar-refractivity contribution in [3.05, 3.63) is 64.7 Å². The van der Waals surface area contributed by atoms with Crippen molar-refractivity contribution in [2.24, 2.45) is 0 Å². The molecule has 0 spiro atoms. The Balaban J connectivity index is 1.43. The van der Waals surface area contributed by atoms with Gasteiger partial charge in [0.2, 0.25) is 5.89 Å². The third-order valence-corrected chi connectivity index (χ3v) is 5.31. The van der Waals surface area contributed by atoms with Crippen molar-refractivity contribution >= 4 is 35.2 Å². The Labute approximate surface area is 183 Å². The Morgan fingerprint density at radius 2 is 1.87 bits per heavy atom. The number of aryl methyl sites for hydroxylation is 1. The number of carbonyl (C=O) groups excluding carboxylic acids is 2. The topological polar surface area (TPSA) is 85.5 Å². The normalized spacial score (nSPS) is 10.6. The molecule has 0 fully saturated rings. The highest BCUT2D eigenvalue weighted by Gasteiger charge is 2.15. The fraction of sp³-hybridized carbons (Fsp3) is 0.238. The zero-order valence-electron chi connectivity index (χ0n) is 16.5. The number of thioether (sulfide) groups is 1. The van der Waals surface area contributed by atoms with E-state index < -0.39 is 5.97 Å². The van der Waals surface area contributed by atoms with E-state index in [-0.39, 0.29) is 23.5 Å². The number of esters is 1. The predicted molar refractivity (Wildman–Crippen MR) is 114 cm³/mol. The first-order chi connectivity index (χ1) is 14.4. The van der Waals surface area contributed by atoms with Crippen LogP contribution in [0.4, 0.5) is 0 Å². The highest BCUT2D eigenvalue weighted by molar-refractivity contribution is 7.99. The number of nitrogens with zero attached hydrogens (tertiary/aromatic N) is 3. The van der Waals surface area contributed by atoms with Gasteiger partial charge in [-0.05, 0) is 42.3 Å². The zero-order valence-corrected chi connectivity index (χ0v) is 18.1. The second-order valence-corrected chi connectivity index (χ2v) is 7.87. The average Bonchev–Trinajstić information content (AvgIpc) is 3.21. The second kappa shape index (κ2) is 10.3. The van der Waals surface area contributed by atoms with E-state index in [1.54, 1.807) is 31.3 Å². The molecule has 0 aliphatic carbocycles. The minimum absolute atomic E-state index is 0.0446. The molecule has 3 aromatic rings. The van der Waals surface area contributed by atoms with Gasteiger partial charge in [-0.1, -0.05) is 47.6 Å².